The summed E-state index contributed by atoms with van der Waals surface area (Å²) in [6.07, 6.45) is 3.46. The Kier molecular flexibility index (Phi) is 5.48. The highest BCUT2D eigenvalue weighted by molar-refractivity contribution is 5.94. The van der Waals surface area contributed by atoms with Crippen LogP contribution in [0, 0.1) is 11.8 Å². The number of benzene rings is 2. The number of carbonyl (C=O) groups excluding carboxylic acids is 1. The Bertz CT molecular complexity index is 824. The largest absolute Gasteiger partial charge is 0.295 e. The molecule has 126 valence electrons. The van der Waals surface area contributed by atoms with Gasteiger partial charge in [-0.3, -0.25) is 9.69 Å². The Labute approximate surface area is 150 Å². The molecular formula is C23H23NO. The predicted molar refractivity (Wildman–Crippen MR) is 103 cm³/mol. The maximum atomic E-state index is 11.3. The minimum absolute atomic E-state index is 0.0783. The van der Waals surface area contributed by atoms with Crippen molar-refractivity contribution in [1.29, 1.82) is 0 Å². The van der Waals surface area contributed by atoms with Gasteiger partial charge in [0.25, 0.3) is 0 Å². The van der Waals surface area contributed by atoms with E-state index in [4.69, 9.17) is 0 Å². The summed E-state index contributed by atoms with van der Waals surface area (Å²) in [5.74, 6) is 6.41. The fourth-order valence-electron chi connectivity index (χ4n) is 2.94. The Morgan fingerprint density at radius 3 is 2.08 bits per heavy atom. The Morgan fingerprint density at radius 2 is 1.56 bits per heavy atom. The third-order valence-electron chi connectivity index (χ3n) is 4.35. The SMILES string of the molecule is CCC=C1CN(Cc2ccc(C#Cc3ccc(C(C)=O)cc3)cc2)C1. The molecule has 0 spiro atoms. The van der Waals surface area contributed by atoms with E-state index in [1.165, 1.54) is 5.56 Å². The summed E-state index contributed by atoms with van der Waals surface area (Å²) in [6, 6.07) is 15.9. The van der Waals surface area contributed by atoms with E-state index in [1.807, 2.05) is 24.3 Å². The Balaban J connectivity index is 1.58. The molecule has 2 nitrogen and oxygen atoms in total. The zero-order chi connectivity index (χ0) is 17.6. The summed E-state index contributed by atoms with van der Waals surface area (Å²) in [7, 11) is 0. The van der Waals surface area contributed by atoms with E-state index in [0.29, 0.717) is 0 Å². The Hall–Kier alpha value is -2.63. The molecule has 1 aliphatic rings. The zero-order valence-corrected chi connectivity index (χ0v) is 14.9. The maximum Gasteiger partial charge on any atom is 0.159 e. The minimum atomic E-state index is 0.0783. The molecule has 1 heterocycles. The van der Waals surface area contributed by atoms with E-state index < -0.39 is 0 Å². The van der Waals surface area contributed by atoms with Gasteiger partial charge in [-0.05, 0) is 48.7 Å². The molecule has 2 aromatic carbocycles. The molecule has 0 amide bonds. The lowest BCUT2D eigenvalue weighted by Crippen LogP contribution is -2.39. The fraction of sp³-hybridized carbons (Fsp3) is 0.261. The first-order valence-electron chi connectivity index (χ1n) is 8.76. The molecule has 0 N–H and O–H groups in total. The molecule has 0 unspecified atom stereocenters. The smallest absolute Gasteiger partial charge is 0.159 e. The molecular weight excluding hydrogens is 306 g/mol. The monoisotopic (exact) mass is 329 g/mol. The van der Waals surface area contributed by atoms with Crippen molar-refractivity contribution in [2.45, 2.75) is 26.8 Å². The van der Waals surface area contributed by atoms with Crippen molar-refractivity contribution in [3.05, 3.63) is 82.4 Å². The fourth-order valence-corrected chi connectivity index (χ4v) is 2.94. The number of nitrogens with zero attached hydrogens (tertiary/aromatic N) is 1. The first kappa shape index (κ1) is 17.2. The number of rotatable bonds is 4. The second-order valence-corrected chi connectivity index (χ2v) is 6.50. The van der Waals surface area contributed by atoms with E-state index in [1.54, 1.807) is 12.5 Å². The van der Waals surface area contributed by atoms with Crippen LogP contribution in [0.5, 0.6) is 0 Å². The lowest BCUT2D eigenvalue weighted by Gasteiger charge is -2.34. The quantitative estimate of drug-likeness (QED) is 0.469. The summed E-state index contributed by atoms with van der Waals surface area (Å²) in [5, 5.41) is 0. The minimum Gasteiger partial charge on any atom is -0.295 e. The van der Waals surface area contributed by atoms with Gasteiger partial charge in [0.2, 0.25) is 0 Å². The molecule has 1 aliphatic heterocycles. The highest BCUT2D eigenvalue weighted by Crippen LogP contribution is 2.18. The van der Waals surface area contributed by atoms with Crippen LogP contribution >= 0.6 is 0 Å². The van der Waals surface area contributed by atoms with Crippen LogP contribution in [-0.2, 0) is 6.54 Å². The number of carbonyl (C=O) groups is 1. The lowest BCUT2D eigenvalue weighted by atomic mass is 10.0. The summed E-state index contributed by atoms with van der Waals surface area (Å²) in [4.78, 5) is 13.7. The van der Waals surface area contributed by atoms with Gasteiger partial charge in [0.1, 0.15) is 0 Å². The van der Waals surface area contributed by atoms with Gasteiger partial charge < -0.3 is 0 Å². The third kappa shape index (κ3) is 4.68. The normalized spacial score (nSPS) is 13.6. The van der Waals surface area contributed by atoms with Crippen LogP contribution in [0.2, 0.25) is 0 Å². The zero-order valence-electron chi connectivity index (χ0n) is 14.9. The van der Waals surface area contributed by atoms with E-state index in [0.717, 1.165) is 42.7 Å². The number of hydrogen-bond donors (Lipinski definition) is 0. The number of Topliss-reactive ketones (excluding diaryl/α,β-unsaturated/α-hetero) is 1. The van der Waals surface area contributed by atoms with Crippen LogP contribution in [0.15, 0.2) is 60.2 Å². The van der Waals surface area contributed by atoms with Gasteiger partial charge in [0.05, 0.1) is 0 Å². The van der Waals surface area contributed by atoms with Gasteiger partial charge in [0.15, 0.2) is 5.78 Å². The van der Waals surface area contributed by atoms with Crippen LogP contribution in [0.4, 0.5) is 0 Å². The third-order valence-corrected chi connectivity index (χ3v) is 4.35. The summed E-state index contributed by atoms with van der Waals surface area (Å²) in [5.41, 5.74) is 5.53. The highest BCUT2D eigenvalue weighted by atomic mass is 16.1. The average Bonchev–Trinajstić information content (AvgIpc) is 2.59. The molecule has 0 radical (unpaired) electrons. The number of hydrogen-bond acceptors (Lipinski definition) is 2. The molecule has 25 heavy (non-hydrogen) atoms. The molecule has 1 fully saturated rings. The van der Waals surface area contributed by atoms with Crippen molar-refractivity contribution in [3.63, 3.8) is 0 Å². The number of ketones is 1. The van der Waals surface area contributed by atoms with E-state index in [9.17, 15) is 4.79 Å². The summed E-state index contributed by atoms with van der Waals surface area (Å²) < 4.78 is 0. The molecule has 3 rings (SSSR count). The van der Waals surface area contributed by atoms with Crippen molar-refractivity contribution in [2.24, 2.45) is 0 Å². The summed E-state index contributed by atoms with van der Waals surface area (Å²) >= 11 is 0. The van der Waals surface area contributed by atoms with Gasteiger partial charge in [-0.25, -0.2) is 0 Å². The Morgan fingerprint density at radius 1 is 1.00 bits per heavy atom. The van der Waals surface area contributed by atoms with Gasteiger partial charge in [-0.2, -0.15) is 0 Å². The average molecular weight is 329 g/mol. The van der Waals surface area contributed by atoms with E-state index in [2.05, 4.69) is 54.0 Å². The molecule has 0 bridgehead atoms. The molecule has 0 aliphatic carbocycles. The maximum absolute atomic E-state index is 11.3. The predicted octanol–water partition coefficient (Wildman–Crippen LogP) is 4.44. The molecule has 0 atom stereocenters. The molecule has 0 aromatic heterocycles. The second-order valence-electron chi connectivity index (χ2n) is 6.50. The van der Waals surface area contributed by atoms with Crippen LogP contribution in [0.3, 0.4) is 0 Å². The van der Waals surface area contributed by atoms with E-state index >= 15 is 0 Å². The van der Waals surface area contributed by atoms with Gasteiger partial charge in [0, 0.05) is 36.3 Å². The van der Waals surface area contributed by atoms with Gasteiger partial charge in [-0.1, -0.05) is 49.1 Å². The van der Waals surface area contributed by atoms with Gasteiger partial charge in [-0.15, -0.1) is 0 Å². The molecule has 2 heteroatoms. The van der Waals surface area contributed by atoms with Crippen molar-refractivity contribution >= 4 is 5.78 Å². The standard InChI is InChI=1S/C23H23NO/c1-3-4-22-16-24(17-22)15-21-9-7-19(8-10-21)5-6-20-11-13-23(14-12-20)18(2)25/h4,7-14H,3,15-17H2,1-2H3. The second kappa shape index (κ2) is 7.96. The van der Waals surface area contributed by atoms with Crippen molar-refractivity contribution in [2.75, 3.05) is 13.1 Å². The first-order chi connectivity index (χ1) is 12.1. The molecule has 0 saturated carbocycles. The number of allylic oxidation sites excluding steroid dienone is 1. The number of likely N-dealkylation sites (tertiary alicyclic amines) is 1. The lowest BCUT2D eigenvalue weighted by molar-refractivity contribution is 0.101. The van der Waals surface area contributed by atoms with Crippen LogP contribution < -0.4 is 0 Å². The van der Waals surface area contributed by atoms with Crippen LogP contribution in [0.25, 0.3) is 0 Å². The van der Waals surface area contributed by atoms with Crippen LogP contribution in [-0.4, -0.2) is 23.8 Å². The highest BCUT2D eigenvalue weighted by Gasteiger charge is 2.18. The van der Waals surface area contributed by atoms with Gasteiger partial charge >= 0.3 is 0 Å². The van der Waals surface area contributed by atoms with Crippen molar-refractivity contribution < 1.29 is 4.79 Å². The topological polar surface area (TPSA) is 20.3 Å². The molecule has 2 aromatic rings. The van der Waals surface area contributed by atoms with E-state index in [-0.39, 0.29) is 5.78 Å². The van der Waals surface area contributed by atoms with Crippen LogP contribution in [0.1, 0.15) is 47.3 Å². The van der Waals surface area contributed by atoms with Crippen molar-refractivity contribution in [3.8, 4) is 11.8 Å². The van der Waals surface area contributed by atoms with Crippen molar-refractivity contribution in [1.82, 2.24) is 4.90 Å². The molecule has 1 saturated heterocycles. The first-order valence-corrected chi connectivity index (χ1v) is 8.76. The summed E-state index contributed by atoms with van der Waals surface area (Å²) in [6.45, 7) is 6.97.